The zero-order chi connectivity index (χ0) is 10.1. The summed E-state index contributed by atoms with van der Waals surface area (Å²) in [5, 5.41) is 10.1. The molecular formula is C9H10N4S. The predicted molar refractivity (Wildman–Crippen MR) is 56.0 cm³/mol. The quantitative estimate of drug-likeness (QED) is 0.725. The van der Waals surface area contributed by atoms with Gasteiger partial charge in [-0.05, 0) is 43.3 Å². The highest BCUT2D eigenvalue weighted by Gasteiger charge is 2.04. The molecule has 2 aromatic rings. The van der Waals surface area contributed by atoms with Crippen molar-refractivity contribution in [2.75, 3.05) is 0 Å². The molecule has 0 bridgehead atoms. The van der Waals surface area contributed by atoms with E-state index < -0.39 is 0 Å². The van der Waals surface area contributed by atoms with E-state index in [0.29, 0.717) is 4.77 Å². The van der Waals surface area contributed by atoms with Gasteiger partial charge in [0.05, 0.1) is 5.69 Å². The fourth-order valence-electron chi connectivity index (χ4n) is 1.33. The molecule has 0 aliphatic rings. The van der Waals surface area contributed by atoms with Crippen LogP contribution < -0.4 is 0 Å². The molecule has 0 spiro atoms. The second-order valence-electron chi connectivity index (χ2n) is 3.14. The van der Waals surface area contributed by atoms with E-state index in [1.807, 2.05) is 19.1 Å². The van der Waals surface area contributed by atoms with E-state index in [-0.39, 0.29) is 0 Å². The standard InChI is InChI=1S/C9H10N4S/c1-6-4-3-5-8(7(6)2)13-9(14)10-11-12-13/h3-5H,1-2H3,(H,10,12,14). The van der Waals surface area contributed by atoms with Gasteiger partial charge in [0.2, 0.25) is 4.77 Å². The fraction of sp³-hybridized carbons (Fsp3) is 0.222. The molecule has 0 radical (unpaired) electrons. The minimum Gasteiger partial charge on any atom is -0.209 e. The molecule has 0 aliphatic carbocycles. The van der Waals surface area contributed by atoms with Crippen molar-refractivity contribution >= 4 is 12.2 Å². The number of rotatable bonds is 1. The van der Waals surface area contributed by atoms with Crippen LogP contribution in [-0.4, -0.2) is 20.2 Å². The first-order chi connectivity index (χ1) is 6.70. The first kappa shape index (κ1) is 9.08. The lowest BCUT2D eigenvalue weighted by molar-refractivity contribution is 0.781. The molecular weight excluding hydrogens is 196 g/mol. The molecule has 1 aromatic carbocycles. The van der Waals surface area contributed by atoms with Gasteiger partial charge >= 0.3 is 0 Å². The number of hydrogen-bond donors (Lipinski definition) is 1. The number of nitrogens with zero attached hydrogens (tertiary/aromatic N) is 3. The Kier molecular flexibility index (Phi) is 2.17. The maximum Gasteiger partial charge on any atom is 0.242 e. The number of tetrazole rings is 1. The zero-order valence-electron chi connectivity index (χ0n) is 7.98. The van der Waals surface area contributed by atoms with Crippen molar-refractivity contribution in [3.63, 3.8) is 0 Å². The van der Waals surface area contributed by atoms with Crippen molar-refractivity contribution in [1.29, 1.82) is 0 Å². The number of aromatic amines is 1. The Bertz CT molecular complexity index is 512. The van der Waals surface area contributed by atoms with Crippen molar-refractivity contribution in [3.05, 3.63) is 34.1 Å². The summed E-state index contributed by atoms with van der Waals surface area (Å²) in [4.78, 5) is 0. The maximum atomic E-state index is 5.03. The number of aryl methyl sites for hydroxylation is 1. The van der Waals surface area contributed by atoms with E-state index in [0.717, 1.165) is 5.69 Å². The average Bonchev–Trinajstić information content (AvgIpc) is 2.57. The van der Waals surface area contributed by atoms with Gasteiger partial charge in [0.1, 0.15) is 0 Å². The Labute approximate surface area is 86.6 Å². The molecule has 14 heavy (non-hydrogen) atoms. The molecule has 1 N–H and O–H groups in total. The van der Waals surface area contributed by atoms with Crippen LogP contribution in [-0.2, 0) is 0 Å². The lowest BCUT2D eigenvalue weighted by Gasteiger charge is -2.07. The second kappa shape index (κ2) is 3.34. The zero-order valence-corrected chi connectivity index (χ0v) is 8.80. The SMILES string of the molecule is Cc1cccc(-n2[nH]nnc2=S)c1C. The molecule has 0 saturated heterocycles. The minimum atomic E-state index is 0.443. The molecule has 0 unspecified atom stereocenters. The van der Waals surface area contributed by atoms with E-state index >= 15 is 0 Å². The lowest BCUT2D eigenvalue weighted by atomic mass is 10.1. The number of aromatic nitrogens is 4. The lowest BCUT2D eigenvalue weighted by Crippen LogP contribution is -2.00. The van der Waals surface area contributed by atoms with Gasteiger partial charge in [0, 0.05) is 0 Å². The Balaban J connectivity index is 2.69. The van der Waals surface area contributed by atoms with Crippen LogP contribution in [0.25, 0.3) is 5.69 Å². The highest BCUT2D eigenvalue weighted by Crippen LogP contribution is 2.15. The van der Waals surface area contributed by atoms with E-state index in [1.165, 1.54) is 11.1 Å². The van der Waals surface area contributed by atoms with Gasteiger partial charge in [-0.25, -0.2) is 4.68 Å². The molecule has 0 saturated carbocycles. The molecule has 0 amide bonds. The normalized spacial score (nSPS) is 10.4. The summed E-state index contributed by atoms with van der Waals surface area (Å²) >= 11 is 5.03. The Morgan fingerprint density at radius 2 is 2.14 bits per heavy atom. The van der Waals surface area contributed by atoms with Gasteiger partial charge < -0.3 is 0 Å². The van der Waals surface area contributed by atoms with Gasteiger partial charge in [-0.3, -0.25) is 0 Å². The highest BCUT2D eigenvalue weighted by molar-refractivity contribution is 7.71. The monoisotopic (exact) mass is 206 g/mol. The smallest absolute Gasteiger partial charge is 0.209 e. The molecule has 1 aromatic heterocycles. The summed E-state index contributed by atoms with van der Waals surface area (Å²) in [5.74, 6) is 0. The summed E-state index contributed by atoms with van der Waals surface area (Å²) < 4.78 is 2.14. The molecule has 5 heteroatoms. The fourth-order valence-corrected chi connectivity index (χ4v) is 1.51. The molecule has 0 atom stereocenters. The predicted octanol–water partition coefficient (Wildman–Crippen LogP) is 1.94. The number of nitrogens with one attached hydrogen (secondary N) is 1. The van der Waals surface area contributed by atoms with Gasteiger partial charge in [-0.2, -0.15) is 5.21 Å². The van der Waals surface area contributed by atoms with Crippen molar-refractivity contribution in [2.24, 2.45) is 0 Å². The van der Waals surface area contributed by atoms with E-state index in [1.54, 1.807) is 4.68 Å². The van der Waals surface area contributed by atoms with E-state index in [4.69, 9.17) is 12.2 Å². The first-order valence-electron chi connectivity index (χ1n) is 4.27. The summed E-state index contributed by atoms with van der Waals surface area (Å²) in [6.45, 7) is 4.11. The highest BCUT2D eigenvalue weighted by atomic mass is 32.1. The van der Waals surface area contributed by atoms with Gasteiger partial charge in [0.25, 0.3) is 0 Å². The third-order valence-corrected chi connectivity index (χ3v) is 2.55. The topological polar surface area (TPSA) is 46.5 Å². The van der Waals surface area contributed by atoms with Crippen LogP contribution >= 0.6 is 12.2 Å². The number of hydrogen-bond acceptors (Lipinski definition) is 3. The minimum absolute atomic E-state index is 0.443. The Hall–Kier alpha value is -1.49. The van der Waals surface area contributed by atoms with Crippen LogP contribution in [0.2, 0.25) is 0 Å². The molecule has 0 fully saturated rings. The Morgan fingerprint density at radius 1 is 1.36 bits per heavy atom. The average molecular weight is 206 g/mol. The second-order valence-corrected chi connectivity index (χ2v) is 3.50. The number of benzene rings is 1. The van der Waals surface area contributed by atoms with Gasteiger partial charge in [0.15, 0.2) is 0 Å². The molecule has 0 aliphatic heterocycles. The third kappa shape index (κ3) is 1.35. The van der Waals surface area contributed by atoms with Gasteiger partial charge in [-0.15, -0.1) is 0 Å². The largest absolute Gasteiger partial charge is 0.242 e. The van der Waals surface area contributed by atoms with Crippen molar-refractivity contribution < 1.29 is 0 Å². The molecule has 1 heterocycles. The Morgan fingerprint density at radius 3 is 2.79 bits per heavy atom. The summed E-state index contributed by atoms with van der Waals surface area (Å²) in [7, 11) is 0. The third-order valence-electron chi connectivity index (χ3n) is 2.29. The summed E-state index contributed by atoms with van der Waals surface area (Å²) in [5.41, 5.74) is 3.40. The van der Waals surface area contributed by atoms with Crippen molar-refractivity contribution in [1.82, 2.24) is 20.2 Å². The van der Waals surface area contributed by atoms with Crippen LogP contribution in [0.4, 0.5) is 0 Å². The first-order valence-corrected chi connectivity index (χ1v) is 4.67. The summed E-state index contributed by atoms with van der Waals surface area (Å²) in [6, 6.07) is 6.03. The summed E-state index contributed by atoms with van der Waals surface area (Å²) in [6.07, 6.45) is 0. The van der Waals surface area contributed by atoms with Crippen LogP contribution in [0.15, 0.2) is 18.2 Å². The van der Waals surface area contributed by atoms with Crippen molar-refractivity contribution in [3.8, 4) is 5.69 Å². The van der Waals surface area contributed by atoms with E-state index in [2.05, 4.69) is 28.5 Å². The van der Waals surface area contributed by atoms with Gasteiger partial charge in [-0.1, -0.05) is 22.4 Å². The van der Waals surface area contributed by atoms with E-state index in [9.17, 15) is 0 Å². The van der Waals surface area contributed by atoms with Crippen LogP contribution in [0, 0.1) is 18.6 Å². The molecule has 72 valence electrons. The van der Waals surface area contributed by atoms with Crippen LogP contribution in [0.5, 0.6) is 0 Å². The van der Waals surface area contributed by atoms with Crippen LogP contribution in [0.3, 0.4) is 0 Å². The van der Waals surface area contributed by atoms with Crippen molar-refractivity contribution in [2.45, 2.75) is 13.8 Å². The molecule has 2 rings (SSSR count). The molecule has 4 nitrogen and oxygen atoms in total. The van der Waals surface area contributed by atoms with Crippen LogP contribution in [0.1, 0.15) is 11.1 Å². The maximum absolute atomic E-state index is 5.03. The number of H-pyrrole nitrogens is 1.